The maximum Gasteiger partial charge on any atom is 0.416 e. The fraction of sp³-hybridized carbons (Fsp3) is 0.269. The van der Waals surface area contributed by atoms with Crippen LogP contribution in [0.5, 0.6) is 5.75 Å². The summed E-state index contributed by atoms with van der Waals surface area (Å²) >= 11 is 0. The van der Waals surface area contributed by atoms with Crippen LogP contribution in [0.2, 0.25) is 0 Å². The van der Waals surface area contributed by atoms with Gasteiger partial charge in [0.05, 0.1) is 5.56 Å². The molecule has 0 aliphatic heterocycles. The third-order valence-electron chi connectivity index (χ3n) is 5.87. The first-order chi connectivity index (χ1) is 15.3. The molecule has 0 saturated carbocycles. The van der Waals surface area contributed by atoms with Gasteiger partial charge in [-0.3, -0.25) is 0 Å². The lowest BCUT2D eigenvalue weighted by molar-refractivity contribution is -0.139. The van der Waals surface area contributed by atoms with Crippen LogP contribution in [-0.2, 0) is 36.7 Å². The van der Waals surface area contributed by atoms with E-state index >= 15 is 0 Å². The Morgan fingerprint density at radius 1 is 0.844 bits per heavy atom. The first-order valence-corrected chi connectivity index (χ1v) is 10.6. The van der Waals surface area contributed by atoms with E-state index in [1.165, 1.54) is 23.3 Å². The van der Waals surface area contributed by atoms with E-state index < -0.39 is 17.7 Å². The Kier molecular flexibility index (Phi) is 6.21. The molecule has 3 aromatic carbocycles. The van der Waals surface area contributed by atoms with Crippen LogP contribution in [0, 0.1) is 0 Å². The number of carbonyl (C=O) groups is 1. The maximum atomic E-state index is 12.7. The van der Waals surface area contributed by atoms with E-state index in [9.17, 15) is 18.0 Å². The van der Waals surface area contributed by atoms with Crippen LogP contribution in [0.1, 0.15) is 34.2 Å². The monoisotopic (exact) mass is 440 g/mol. The minimum Gasteiger partial charge on any atom is -0.482 e. The summed E-state index contributed by atoms with van der Waals surface area (Å²) < 4.78 is 43.7. The average Bonchev–Trinajstić information content (AvgIpc) is 3.27. The summed E-state index contributed by atoms with van der Waals surface area (Å²) in [4.78, 5) is 10.8. The fourth-order valence-electron chi connectivity index (χ4n) is 4.25. The average molecular weight is 440 g/mol. The second-order valence-corrected chi connectivity index (χ2v) is 7.99. The van der Waals surface area contributed by atoms with E-state index in [1.54, 1.807) is 0 Å². The van der Waals surface area contributed by atoms with Crippen LogP contribution in [0.15, 0.2) is 60.7 Å². The molecule has 0 heterocycles. The second-order valence-electron chi connectivity index (χ2n) is 7.99. The summed E-state index contributed by atoms with van der Waals surface area (Å²) in [6, 6.07) is 17.0. The number of hydrogen-bond acceptors (Lipinski definition) is 2. The molecule has 3 nitrogen and oxygen atoms in total. The molecule has 1 aliphatic carbocycles. The quantitative estimate of drug-likeness (QED) is 0.482. The number of alkyl halides is 3. The third-order valence-corrected chi connectivity index (χ3v) is 5.87. The standard InChI is InChI=1S/C26H23F3O3/c27-26(28,29)21-13-10-19(11-14-21)18-7-4-17(5-8-18)6-9-20-12-15-24(32-16-25(30)31)23-3-1-2-22(20)23/h4-5,7-8,10-15H,1-3,6,9,16H2,(H,30,31). The number of carboxylic acids is 1. The molecule has 0 amide bonds. The van der Waals surface area contributed by atoms with Gasteiger partial charge in [-0.1, -0.05) is 42.5 Å². The molecule has 0 saturated heterocycles. The van der Waals surface area contributed by atoms with E-state index in [-0.39, 0.29) is 6.61 Å². The summed E-state index contributed by atoms with van der Waals surface area (Å²) in [6.45, 7) is -0.336. The van der Waals surface area contributed by atoms with Gasteiger partial charge in [0.1, 0.15) is 5.75 Å². The number of aliphatic carboxylic acids is 1. The number of aryl methyl sites for hydroxylation is 2. The number of fused-ring (bicyclic) bond motifs is 1. The smallest absolute Gasteiger partial charge is 0.416 e. The van der Waals surface area contributed by atoms with Gasteiger partial charge in [0.25, 0.3) is 0 Å². The molecular formula is C26H23F3O3. The number of hydrogen-bond donors (Lipinski definition) is 1. The number of benzene rings is 3. The zero-order valence-corrected chi connectivity index (χ0v) is 17.4. The molecule has 0 aromatic heterocycles. The van der Waals surface area contributed by atoms with Crippen molar-refractivity contribution < 1.29 is 27.8 Å². The molecule has 0 atom stereocenters. The van der Waals surface area contributed by atoms with Crippen molar-refractivity contribution in [3.63, 3.8) is 0 Å². The van der Waals surface area contributed by atoms with Crippen molar-refractivity contribution in [2.45, 2.75) is 38.3 Å². The number of rotatable bonds is 7. The highest BCUT2D eigenvalue weighted by Crippen LogP contribution is 2.34. The molecule has 6 heteroatoms. The van der Waals surface area contributed by atoms with E-state index in [4.69, 9.17) is 9.84 Å². The van der Waals surface area contributed by atoms with Crippen LogP contribution in [-0.4, -0.2) is 17.7 Å². The zero-order valence-electron chi connectivity index (χ0n) is 17.4. The van der Waals surface area contributed by atoms with Gasteiger partial charge in [-0.05, 0) is 83.7 Å². The fourth-order valence-corrected chi connectivity index (χ4v) is 4.25. The van der Waals surface area contributed by atoms with Gasteiger partial charge in [-0.25, -0.2) is 4.79 Å². The first-order valence-electron chi connectivity index (χ1n) is 10.6. The largest absolute Gasteiger partial charge is 0.482 e. The highest BCUT2D eigenvalue weighted by atomic mass is 19.4. The number of ether oxygens (including phenoxy) is 1. The number of carboxylic acid groups (broad SMARTS) is 1. The summed E-state index contributed by atoms with van der Waals surface area (Å²) in [5.74, 6) is -0.315. The Labute approximate surface area is 184 Å². The molecule has 0 unspecified atom stereocenters. The van der Waals surface area contributed by atoms with Crippen molar-refractivity contribution in [2.24, 2.45) is 0 Å². The lowest BCUT2D eigenvalue weighted by Crippen LogP contribution is -2.11. The Morgan fingerprint density at radius 2 is 1.47 bits per heavy atom. The topological polar surface area (TPSA) is 46.5 Å². The summed E-state index contributed by atoms with van der Waals surface area (Å²) in [6.07, 6.45) is 0.290. The summed E-state index contributed by atoms with van der Waals surface area (Å²) in [5, 5.41) is 8.85. The van der Waals surface area contributed by atoms with Gasteiger partial charge in [0, 0.05) is 0 Å². The molecule has 166 valence electrons. The van der Waals surface area contributed by atoms with Crippen molar-refractivity contribution in [1.29, 1.82) is 0 Å². The van der Waals surface area contributed by atoms with Crippen LogP contribution >= 0.6 is 0 Å². The molecule has 1 N–H and O–H groups in total. The van der Waals surface area contributed by atoms with Gasteiger partial charge < -0.3 is 9.84 Å². The van der Waals surface area contributed by atoms with Gasteiger partial charge in [0.2, 0.25) is 0 Å². The highest BCUT2D eigenvalue weighted by Gasteiger charge is 2.30. The highest BCUT2D eigenvalue weighted by molar-refractivity contribution is 5.68. The summed E-state index contributed by atoms with van der Waals surface area (Å²) in [5.41, 5.74) is 5.79. The molecule has 1 aliphatic rings. The van der Waals surface area contributed by atoms with Gasteiger partial charge >= 0.3 is 12.1 Å². The van der Waals surface area contributed by atoms with Crippen molar-refractivity contribution in [2.75, 3.05) is 6.61 Å². The van der Waals surface area contributed by atoms with Crippen molar-refractivity contribution in [3.05, 3.63) is 88.5 Å². The molecule has 32 heavy (non-hydrogen) atoms. The van der Waals surface area contributed by atoms with Crippen molar-refractivity contribution in [1.82, 2.24) is 0 Å². The zero-order chi connectivity index (χ0) is 22.7. The minimum absolute atomic E-state index is 0.336. The second kappa shape index (κ2) is 9.07. The molecule has 0 bridgehead atoms. The van der Waals surface area contributed by atoms with Crippen LogP contribution < -0.4 is 4.74 Å². The van der Waals surface area contributed by atoms with Crippen LogP contribution in [0.4, 0.5) is 13.2 Å². The van der Waals surface area contributed by atoms with Crippen LogP contribution in [0.3, 0.4) is 0 Å². The van der Waals surface area contributed by atoms with E-state index in [0.717, 1.165) is 66.5 Å². The lowest BCUT2D eigenvalue weighted by Gasteiger charge is -2.14. The summed E-state index contributed by atoms with van der Waals surface area (Å²) in [7, 11) is 0. The van der Waals surface area contributed by atoms with E-state index in [1.807, 2.05) is 36.4 Å². The Balaban J connectivity index is 1.43. The molecule has 4 rings (SSSR count). The first kappa shape index (κ1) is 21.9. The minimum atomic E-state index is -4.33. The molecule has 0 radical (unpaired) electrons. The predicted octanol–water partition coefficient (Wildman–Crippen LogP) is 6.11. The molecule has 3 aromatic rings. The SMILES string of the molecule is O=C(O)COc1ccc(CCc2ccc(-c3ccc(C(F)(F)F)cc3)cc2)c2c1CCC2. The van der Waals surface area contributed by atoms with Gasteiger partial charge in [-0.15, -0.1) is 0 Å². The van der Waals surface area contributed by atoms with Gasteiger partial charge in [0.15, 0.2) is 6.61 Å². The van der Waals surface area contributed by atoms with E-state index in [2.05, 4.69) is 0 Å². The Morgan fingerprint density at radius 3 is 2.09 bits per heavy atom. The maximum absolute atomic E-state index is 12.7. The molecular weight excluding hydrogens is 417 g/mol. The number of halogens is 3. The Hall–Kier alpha value is -3.28. The van der Waals surface area contributed by atoms with E-state index in [0.29, 0.717) is 5.75 Å². The van der Waals surface area contributed by atoms with Crippen LogP contribution in [0.25, 0.3) is 11.1 Å². The normalized spacial score (nSPS) is 13.1. The van der Waals surface area contributed by atoms with Crippen molar-refractivity contribution in [3.8, 4) is 16.9 Å². The molecule has 0 fully saturated rings. The molecule has 0 spiro atoms. The van der Waals surface area contributed by atoms with Crippen molar-refractivity contribution >= 4 is 5.97 Å². The lowest BCUT2D eigenvalue weighted by atomic mass is 9.95. The van der Waals surface area contributed by atoms with Gasteiger partial charge in [-0.2, -0.15) is 13.2 Å². The predicted molar refractivity (Wildman–Crippen MR) is 116 cm³/mol. The third kappa shape index (κ3) is 4.96. The Bertz CT molecular complexity index is 1100.